The van der Waals surface area contributed by atoms with E-state index in [-0.39, 0.29) is 5.82 Å². The molecular weight excluding hydrogens is 385 g/mol. The molecule has 0 saturated carbocycles. The molecule has 0 saturated heterocycles. The number of rotatable bonds is 5. The van der Waals surface area contributed by atoms with E-state index in [2.05, 4.69) is 37.6 Å². The first-order valence-corrected chi connectivity index (χ1v) is 9.26. The zero-order valence-corrected chi connectivity index (χ0v) is 15.0. The molecule has 22 heavy (non-hydrogen) atoms. The first-order chi connectivity index (χ1) is 10.6. The van der Waals surface area contributed by atoms with Gasteiger partial charge in [0, 0.05) is 28.6 Å². The molecule has 0 bridgehead atoms. The molecule has 0 aliphatic carbocycles. The Morgan fingerprint density at radius 3 is 2.91 bits per heavy atom. The normalized spacial score (nSPS) is 11.0. The fourth-order valence-electron chi connectivity index (χ4n) is 1.97. The highest BCUT2D eigenvalue weighted by molar-refractivity contribution is 9.10. The van der Waals surface area contributed by atoms with Crippen LogP contribution in [0.25, 0.3) is 0 Å². The van der Waals surface area contributed by atoms with E-state index in [0.29, 0.717) is 11.3 Å². The smallest absolute Gasteiger partial charge is 0.191 e. The number of benzene rings is 1. The summed E-state index contributed by atoms with van der Waals surface area (Å²) < 4.78 is 16.5. The van der Waals surface area contributed by atoms with Gasteiger partial charge in [0.15, 0.2) is 5.16 Å². The summed E-state index contributed by atoms with van der Waals surface area (Å²) in [6.45, 7) is 0. The lowest BCUT2D eigenvalue weighted by atomic mass is 10.2. The molecular formula is C15H13BrFN3S2. The second kappa shape index (κ2) is 6.93. The summed E-state index contributed by atoms with van der Waals surface area (Å²) in [5, 5.41) is 11.3. The molecule has 0 aliphatic rings. The zero-order chi connectivity index (χ0) is 15.5. The highest BCUT2D eigenvalue weighted by atomic mass is 79.9. The molecule has 2 aromatic heterocycles. The number of thioether (sulfide) groups is 1. The third-order valence-electron chi connectivity index (χ3n) is 3.21. The molecule has 0 N–H and O–H groups in total. The summed E-state index contributed by atoms with van der Waals surface area (Å²) in [5.41, 5.74) is 0.663. The number of hydrogen-bond acceptors (Lipinski definition) is 4. The van der Waals surface area contributed by atoms with Crippen LogP contribution in [0.4, 0.5) is 4.39 Å². The van der Waals surface area contributed by atoms with E-state index in [9.17, 15) is 4.39 Å². The van der Waals surface area contributed by atoms with E-state index in [1.54, 1.807) is 17.4 Å². The second-order valence-electron chi connectivity index (χ2n) is 4.74. The summed E-state index contributed by atoms with van der Waals surface area (Å²) in [4.78, 5) is 1.26. The maximum Gasteiger partial charge on any atom is 0.191 e. The maximum absolute atomic E-state index is 13.8. The van der Waals surface area contributed by atoms with Crippen LogP contribution in [0.15, 0.2) is 45.3 Å². The van der Waals surface area contributed by atoms with E-state index >= 15 is 0 Å². The quantitative estimate of drug-likeness (QED) is 0.586. The van der Waals surface area contributed by atoms with Crippen molar-refractivity contribution in [1.82, 2.24) is 14.8 Å². The first-order valence-electron chi connectivity index (χ1n) is 6.61. The lowest BCUT2D eigenvalue weighted by molar-refractivity contribution is 0.616. The Bertz CT molecular complexity index is 771. The first kappa shape index (κ1) is 15.7. The highest BCUT2D eigenvalue weighted by Gasteiger charge is 2.12. The van der Waals surface area contributed by atoms with Gasteiger partial charge in [-0.15, -0.1) is 21.5 Å². The van der Waals surface area contributed by atoms with Gasteiger partial charge in [0.25, 0.3) is 0 Å². The maximum atomic E-state index is 13.8. The molecule has 0 spiro atoms. The van der Waals surface area contributed by atoms with Crippen molar-refractivity contribution in [1.29, 1.82) is 0 Å². The van der Waals surface area contributed by atoms with Crippen LogP contribution in [-0.2, 0) is 19.2 Å². The van der Waals surface area contributed by atoms with Gasteiger partial charge in [-0.25, -0.2) is 4.39 Å². The lowest BCUT2D eigenvalue weighted by Gasteiger charge is -2.04. The monoisotopic (exact) mass is 397 g/mol. The van der Waals surface area contributed by atoms with Crippen LogP contribution in [0, 0.1) is 5.82 Å². The van der Waals surface area contributed by atoms with Crippen LogP contribution in [0.5, 0.6) is 0 Å². The molecule has 114 valence electrons. The van der Waals surface area contributed by atoms with E-state index < -0.39 is 0 Å². The predicted octanol–water partition coefficient (Wildman–Crippen LogP) is 4.66. The van der Waals surface area contributed by atoms with E-state index in [1.165, 1.54) is 22.7 Å². The SMILES string of the molecule is Cn1c(Cc2cccs2)nnc1SCc1ccc(Br)cc1F. The Labute approximate surface area is 144 Å². The van der Waals surface area contributed by atoms with Crippen molar-refractivity contribution in [2.75, 3.05) is 0 Å². The van der Waals surface area contributed by atoms with Crippen LogP contribution < -0.4 is 0 Å². The average Bonchev–Trinajstić information content (AvgIpc) is 3.11. The van der Waals surface area contributed by atoms with Crippen molar-refractivity contribution in [2.45, 2.75) is 17.3 Å². The van der Waals surface area contributed by atoms with Crippen LogP contribution in [0.1, 0.15) is 16.3 Å². The Balaban J connectivity index is 1.69. The van der Waals surface area contributed by atoms with Crippen molar-refractivity contribution in [3.05, 3.63) is 62.3 Å². The van der Waals surface area contributed by atoms with Gasteiger partial charge in [-0.05, 0) is 29.1 Å². The molecule has 3 rings (SSSR count). The van der Waals surface area contributed by atoms with Gasteiger partial charge in [-0.3, -0.25) is 0 Å². The third-order valence-corrected chi connectivity index (χ3v) is 5.65. The van der Waals surface area contributed by atoms with Gasteiger partial charge in [-0.2, -0.15) is 0 Å². The van der Waals surface area contributed by atoms with Crippen molar-refractivity contribution in [3.63, 3.8) is 0 Å². The average molecular weight is 398 g/mol. The fraction of sp³-hybridized carbons (Fsp3) is 0.200. The van der Waals surface area contributed by atoms with Gasteiger partial charge < -0.3 is 4.57 Å². The Hall–Kier alpha value is -1.18. The number of hydrogen-bond donors (Lipinski definition) is 0. The Kier molecular flexibility index (Phi) is 4.95. The molecule has 0 fully saturated rings. The number of halogens is 2. The zero-order valence-electron chi connectivity index (χ0n) is 11.8. The van der Waals surface area contributed by atoms with Gasteiger partial charge in [-0.1, -0.05) is 39.8 Å². The predicted molar refractivity (Wildman–Crippen MR) is 91.8 cm³/mol. The molecule has 0 amide bonds. The molecule has 0 unspecified atom stereocenters. The van der Waals surface area contributed by atoms with Crippen molar-refractivity contribution in [3.8, 4) is 0 Å². The van der Waals surface area contributed by atoms with Gasteiger partial charge >= 0.3 is 0 Å². The van der Waals surface area contributed by atoms with Crippen molar-refractivity contribution in [2.24, 2.45) is 7.05 Å². The molecule has 2 heterocycles. The minimum Gasteiger partial charge on any atom is -0.309 e. The minimum atomic E-state index is -0.206. The van der Waals surface area contributed by atoms with Crippen LogP contribution >= 0.6 is 39.0 Å². The van der Waals surface area contributed by atoms with Gasteiger partial charge in [0.1, 0.15) is 11.6 Å². The van der Waals surface area contributed by atoms with Gasteiger partial charge in [0.2, 0.25) is 0 Å². The molecule has 1 aromatic carbocycles. The molecule has 0 aliphatic heterocycles. The third kappa shape index (κ3) is 3.59. The molecule has 3 nitrogen and oxygen atoms in total. The Morgan fingerprint density at radius 2 is 2.18 bits per heavy atom. The van der Waals surface area contributed by atoms with Crippen LogP contribution in [-0.4, -0.2) is 14.8 Å². The number of nitrogens with zero attached hydrogens (tertiary/aromatic N) is 3. The summed E-state index contributed by atoms with van der Waals surface area (Å²) in [5.74, 6) is 1.24. The molecule has 7 heteroatoms. The molecule has 3 aromatic rings. The van der Waals surface area contributed by atoms with Crippen molar-refractivity contribution < 1.29 is 4.39 Å². The fourth-order valence-corrected chi connectivity index (χ4v) is 3.93. The second-order valence-corrected chi connectivity index (χ2v) is 7.63. The van der Waals surface area contributed by atoms with Crippen molar-refractivity contribution >= 4 is 39.0 Å². The summed E-state index contributed by atoms with van der Waals surface area (Å²) in [6.07, 6.45) is 0.772. The van der Waals surface area contributed by atoms with Crippen LogP contribution in [0.2, 0.25) is 0 Å². The number of thiophene rings is 1. The van der Waals surface area contributed by atoms with E-state index in [0.717, 1.165) is 21.9 Å². The lowest BCUT2D eigenvalue weighted by Crippen LogP contribution is -1.99. The summed E-state index contributed by atoms with van der Waals surface area (Å²) in [7, 11) is 1.95. The van der Waals surface area contributed by atoms with E-state index in [4.69, 9.17) is 0 Å². The highest BCUT2D eigenvalue weighted by Crippen LogP contribution is 2.25. The minimum absolute atomic E-state index is 0.206. The number of aromatic nitrogens is 3. The van der Waals surface area contributed by atoms with E-state index in [1.807, 2.05) is 23.7 Å². The largest absolute Gasteiger partial charge is 0.309 e. The van der Waals surface area contributed by atoms with Crippen LogP contribution in [0.3, 0.4) is 0 Å². The summed E-state index contributed by atoms with van der Waals surface area (Å²) >= 11 is 6.46. The Morgan fingerprint density at radius 1 is 1.32 bits per heavy atom. The van der Waals surface area contributed by atoms with Gasteiger partial charge in [0.05, 0.1) is 0 Å². The molecule has 0 atom stereocenters. The molecule has 0 radical (unpaired) electrons. The summed E-state index contributed by atoms with van der Waals surface area (Å²) in [6, 6.07) is 9.23. The standard InChI is InChI=1S/C15H13BrFN3S2/c1-20-14(8-12-3-2-6-21-12)18-19-15(20)22-9-10-4-5-11(16)7-13(10)17/h2-7H,8-9H2,1H3. The topological polar surface area (TPSA) is 30.7 Å².